The predicted molar refractivity (Wildman–Crippen MR) is 88.6 cm³/mol. The van der Waals surface area contributed by atoms with Gasteiger partial charge in [-0.15, -0.1) is 0 Å². The fourth-order valence-corrected chi connectivity index (χ4v) is 2.42. The molecule has 1 heterocycles. The third-order valence-electron chi connectivity index (χ3n) is 3.80. The minimum atomic E-state index is 0.489. The molecule has 0 aliphatic heterocycles. The maximum Gasteiger partial charge on any atom is 0.204 e. The van der Waals surface area contributed by atoms with Crippen LogP contribution < -0.4 is 10.2 Å². The lowest BCUT2D eigenvalue weighted by atomic mass is 10.1. The van der Waals surface area contributed by atoms with Gasteiger partial charge in [-0.05, 0) is 25.3 Å². The summed E-state index contributed by atoms with van der Waals surface area (Å²) in [6, 6.07) is 11.1. The molecule has 0 aliphatic carbocycles. The van der Waals surface area contributed by atoms with Crippen molar-refractivity contribution in [1.82, 2.24) is 14.9 Å². The zero-order valence-corrected chi connectivity index (χ0v) is 13.5. The van der Waals surface area contributed by atoms with Crippen molar-refractivity contribution >= 4 is 5.95 Å². The highest BCUT2D eigenvalue weighted by atomic mass is 15.3. The van der Waals surface area contributed by atoms with Gasteiger partial charge in [0, 0.05) is 33.7 Å². The fraction of sp³-hybridized carbons (Fsp3) is 0.471. The molecule has 0 aliphatic rings. The Hall–Kier alpha value is -1.81. The molecule has 1 aromatic carbocycles. The van der Waals surface area contributed by atoms with E-state index >= 15 is 0 Å². The summed E-state index contributed by atoms with van der Waals surface area (Å²) in [6.07, 6.45) is 4.21. The number of imidazole rings is 1. The van der Waals surface area contributed by atoms with E-state index in [0.29, 0.717) is 6.04 Å². The Labute approximate surface area is 127 Å². The minimum absolute atomic E-state index is 0.489. The number of anilines is 1. The lowest BCUT2D eigenvalue weighted by molar-refractivity contribution is 0.504. The van der Waals surface area contributed by atoms with Gasteiger partial charge in [-0.2, -0.15) is 0 Å². The van der Waals surface area contributed by atoms with Crippen molar-refractivity contribution in [2.24, 2.45) is 7.05 Å². The van der Waals surface area contributed by atoms with Crippen molar-refractivity contribution in [3.63, 3.8) is 0 Å². The van der Waals surface area contributed by atoms with Crippen molar-refractivity contribution in [3.05, 3.63) is 47.8 Å². The van der Waals surface area contributed by atoms with Gasteiger partial charge < -0.3 is 14.8 Å². The zero-order chi connectivity index (χ0) is 15.2. The summed E-state index contributed by atoms with van der Waals surface area (Å²) in [5.74, 6) is 0.990. The Morgan fingerprint density at radius 1 is 1.24 bits per heavy atom. The number of hydrogen-bond acceptors (Lipinski definition) is 3. The summed E-state index contributed by atoms with van der Waals surface area (Å²) < 4.78 is 2.14. The Bertz CT molecular complexity index is 545. The molecule has 1 aromatic heterocycles. The summed E-state index contributed by atoms with van der Waals surface area (Å²) in [7, 11) is 6.10. The summed E-state index contributed by atoms with van der Waals surface area (Å²) in [4.78, 5) is 6.47. The Balaban J connectivity index is 1.80. The second-order valence-corrected chi connectivity index (χ2v) is 5.81. The van der Waals surface area contributed by atoms with Crippen LogP contribution in [0.3, 0.4) is 0 Å². The molecule has 2 rings (SSSR count). The third-order valence-corrected chi connectivity index (χ3v) is 3.80. The maximum absolute atomic E-state index is 4.44. The standard InChI is InChI=1S/C17H26N4/c1-14(10-11-15-8-6-5-7-9-15)18-12-16-13-19-17(20(2)3)21(16)4/h5-9,13-14,18H,10-12H2,1-4H3. The van der Waals surface area contributed by atoms with Gasteiger partial charge in [-0.25, -0.2) is 4.98 Å². The van der Waals surface area contributed by atoms with Crippen LogP contribution in [0, 0.1) is 0 Å². The molecular formula is C17H26N4. The van der Waals surface area contributed by atoms with Crippen molar-refractivity contribution < 1.29 is 0 Å². The van der Waals surface area contributed by atoms with Crippen LogP contribution in [0.5, 0.6) is 0 Å². The number of hydrogen-bond donors (Lipinski definition) is 1. The van der Waals surface area contributed by atoms with E-state index in [2.05, 4.69) is 59.2 Å². The van der Waals surface area contributed by atoms with Crippen LogP contribution in [0.1, 0.15) is 24.6 Å². The van der Waals surface area contributed by atoms with E-state index in [1.54, 1.807) is 0 Å². The number of aromatic nitrogens is 2. The molecule has 0 saturated carbocycles. The van der Waals surface area contributed by atoms with Crippen molar-refractivity contribution in [2.75, 3.05) is 19.0 Å². The predicted octanol–water partition coefficient (Wildman–Crippen LogP) is 2.60. The van der Waals surface area contributed by atoms with E-state index in [0.717, 1.165) is 25.3 Å². The second kappa shape index (κ2) is 7.27. The first-order valence-electron chi connectivity index (χ1n) is 7.53. The quantitative estimate of drug-likeness (QED) is 0.849. The van der Waals surface area contributed by atoms with Gasteiger partial charge in [0.1, 0.15) is 0 Å². The fourth-order valence-electron chi connectivity index (χ4n) is 2.42. The van der Waals surface area contributed by atoms with E-state index in [1.807, 2.05) is 25.2 Å². The molecule has 0 amide bonds. The van der Waals surface area contributed by atoms with Crippen LogP contribution in [0.2, 0.25) is 0 Å². The molecule has 0 bridgehead atoms. The van der Waals surface area contributed by atoms with E-state index in [-0.39, 0.29) is 0 Å². The van der Waals surface area contributed by atoms with Gasteiger partial charge in [0.05, 0.1) is 11.9 Å². The lowest BCUT2D eigenvalue weighted by Crippen LogP contribution is -2.27. The largest absolute Gasteiger partial charge is 0.348 e. The van der Waals surface area contributed by atoms with Gasteiger partial charge in [0.15, 0.2) is 0 Å². The van der Waals surface area contributed by atoms with Crippen molar-refractivity contribution in [1.29, 1.82) is 0 Å². The Kier molecular flexibility index (Phi) is 5.39. The summed E-state index contributed by atoms with van der Waals surface area (Å²) in [5.41, 5.74) is 2.62. The summed E-state index contributed by atoms with van der Waals surface area (Å²) in [6.45, 7) is 3.10. The van der Waals surface area contributed by atoms with E-state index in [9.17, 15) is 0 Å². The van der Waals surface area contributed by atoms with Crippen LogP contribution in [0.25, 0.3) is 0 Å². The van der Waals surface area contributed by atoms with Crippen molar-refractivity contribution in [3.8, 4) is 0 Å². The molecule has 0 radical (unpaired) electrons. The first-order valence-corrected chi connectivity index (χ1v) is 7.53. The van der Waals surface area contributed by atoms with E-state index < -0.39 is 0 Å². The monoisotopic (exact) mass is 286 g/mol. The molecule has 114 valence electrons. The SMILES string of the molecule is CC(CCc1ccccc1)NCc1cnc(N(C)C)n1C. The summed E-state index contributed by atoms with van der Waals surface area (Å²) in [5, 5.41) is 3.58. The highest BCUT2D eigenvalue weighted by Crippen LogP contribution is 2.11. The smallest absolute Gasteiger partial charge is 0.204 e. The van der Waals surface area contributed by atoms with Crippen LogP contribution in [0.15, 0.2) is 36.5 Å². The minimum Gasteiger partial charge on any atom is -0.348 e. The van der Waals surface area contributed by atoms with Crippen LogP contribution in [0.4, 0.5) is 5.95 Å². The normalized spacial score (nSPS) is 12.4. The number of nitrogens with zero attached hydrogens (tertiary/aromatic N) is 3. The number of nitrogens with one attached hydrogen (secondary N) is 1. The van der Waals surface area contributed by atoms with Gasteiger partial charge in [-0.1, -0.05) is 30.3 Å². The highest BCUT2D eigenvalue weighted by Gasteiger charge is 2.09. The zero-order valence-electron chi connectivity index (χ0n) is 13.5. The Morgan fingerprint density at radius 2 is 1.95 bits per heavy atom. The van der Waals surface area contributed by atoms with Crippen LogP contribution in [-0.2, 0) is 20.0 Å². The Morgan fingerprint density at radius 3 is 2.57 bits per heavy atom. The molecule has 0 spiro atoms. The molecule has 4 heteroatoms. The van der Waals surface area contributed by atoms with E-state index in [4.69, 9.17) is 0 Å². The second-order valence-electron chi connectivity index (χ2n) is 5.81. The molecule has 21 heavy (non-hydrogen) atoms. The lowest BCUT2D eigenvalue weighted by Gasteiger charge is -2.16. The van der Waals surface area contributed by atoms with E-state index in [1.165, 1.54) is 11.3 Å². The third kappa shape index (κ3) is 4.33. The topological polar surface area (TPSA) is 33.1 Å². The molecule has 4 nitrogen and oxygen atoms in total. The number of aryl methyl sites for hydroxylation is 1. The number of rotatable bonds is 7. The number of benzene rings is 1. The van der Waals surface area contributed by atoms with Gasteiger partial charge >= 0.3 is 0 Å². The summed E-state index contributed by atoms with van der Waals surface area (Å²) >= 11 is 0. The molecule has 1 unspecified atom stereocenters. The molecule has 0 saturated heterocycles. The highest BCUT2D eigenvalue weighted by molar-refractivity contribution is 5.30. The molecule has 1 atom stereocenters. The van der Waals surface area contributed by atoms with Crippen LogP contribution in [-0.4, -0.2) is 29.7 Å². The van der Waals surface area contributed by atoms with Gasteiger partial charge in [0.2, 0.25) is 5.95 Å². The molecule has 2 aromatic rings. The first-order chi connectivity index (χ1) is 10.1. The molecular weight excluding hydrogens is 260 g/mol. The average Bonchev–Trinajstić information content (AvgIpc) is 2.85. The van der Waals surface area contributed by atoms with Crippen LogP contribution >= 0.6 is 0 Å². The average molecular weight is 286 g/mol. The molecule has 0 fully saturated rings. The first kappa shape index (κ1) is 15.6. The van der Waals surface area contributed by atoms with Crippen molar-refractivity contribution in [2.45, 2.75) is 32.4 Å². The maximum atomic E-state index is 4.44. The van der Waals surface area contributed by atoms with Gasteiger partial charge in [0.25, 0.3) is 0 Å². The van der Waals surface area contributed by atoms with Gasteiger partial charge in [-0.3, -0.25) is 0 Å². The molecule has 1 N–H and O–H groups in total.